The van der Waals surface area contributed by atoms with Crippen LogP contribution in [0.1, 0.15) is 32.6 Å². The molecule has 0 aromatic rings. The van der Waals surface area contributed by atoms with E-state index in [4.69, 9.17) is 13.3 Å². The molecule has 0 bridgehead atoms. The van der Waals surface area contributed by atoms with E-state index in [1.54, 1.807) is 21.3 Å². The summed E-state index contributed by atoms with van der Waals surface area (Å²) < 4.78 is 15.8. The Hall–Kier alpha value is -0.563. The fraction of sp³-hybridized carbons (Fsp3) is 0.818. The van der Waals surface area contributed by atoms with Crippen LogP contribution in [0.2, 0.25) is 6.04 Å². The van der Waals surface area contributed by atoms with Crippen molar-refractivity contribution < 1.29 is 22.9 Å². The average Bonchev–Trinajstić information content (AvgIpc) is 2.29. The number of unbranched alkanes of at least 4 members (excludes halogenated alkanes) is 1. The number of carbonyl (C=O) groups is 2. The first-order valence-corrected chi connectivity index (χ1v) is 7.59. The number of ketones is 2. The van der Waals surface area contributed by atoms with E-state index in [-0.39, 0.29) is 18.0 Å². The Balaban J connectivity index is 3.83. The molecular weight excluding hydrogens is 240 g/mol. The molecule has 0 N–H and O–H groups in total. The summed E-state index contributed by atoms with van der Waals surface area (Å²) in [5, 5.41) is 0. The lowest BCUT2D eigenvalue weighted by Crippen LogP contribution is -2.42. The zero-order valence-electron chi connectivity index (χ0n) is 11.1. The van der Waals surface area contributed by atoms with Crippen LogP contribution in [0, 0.1) is 0 Å². The van der Waals surface area contributed by atoms with Gasteiger partial charge in [0.25, 0.3) is 0 Å². The van der Waals surface area contributed by atoms with Crippen LogP contribution >= 0.6 is 0 Å². The molecule has 0 aromatic heterocycles. The number of hydrogen-bond donors (Lipinski definition) is 0. The van der Waals surface area contributed by atoms with E-state index in [1.807, 2.05) is 0 Å². The lowest BCUT2D eigenvalue weighted by molar-refractivity contribution is -0.125. The third-order valence-electron chi connectivity index (χ3n) is 2.57. The van der Waals surface area contributed by atoms with Crippen LogP contribution in [0.25, 0.3) is 0 Å². The van der Waals surface area contributed by atoms with E-state index < -0.39 is 8.80 Å². The van der Waals surface area contributed by atoms with Crippen LogP contribution in [0.4, 0.5) is 0 Å². The lowest BCUT2D eigenvalue weighted by atomic mass is 10.1. The van der Waals surface area contributed by atoms with Crippen molar-refractivity contribution in [3.8, 4) is 0 Å². The highest BCUT2D eigenvalue weighted by Crippen LogP contribution is 2.17. The smallest absolute Gasteiger partial charge is 0.377 e. The molecule has 5 nitrogen and oxygen atoms in total. The zero-order chi connectivity index (χ0) is 13.3. The van der Waals surface area contributed by atoms with Crippen molar-refractivity contribution in [2.75, 3.05) is 21.3 Å². The average molecular weight is 262 g/mol. The maximum atomic E-state index is 11.3. The molecule has 0 saturated carbocycles. The van der Waals surface area contributed by atoms with Crippen LogP contribution in [-0.4, -0.2) is 41.7 Å². The molecule has 100 valence electrons. The summed E-state index contributed by atoms with van der Waals surface area (Å²) in [6, 6.07) is 0.684. The van der Waals surface area contributed by atoms with Gasteiger partial charge >= 0.3 is 8.80 Å². The van der Waals surface area contributed by atoms with E-state index in [0.29, 0.717) is 12.5 Å². The minimum absolute atomic E-state index is 0.00276. The molecule has 0 aliphatic rings. The van der Waals surface area contributed by atoms with Crippen LogP contribution in [0.15, 0.2) is 0 Å². The van der Waals surface area contributed by atoms with Gasteiger partial charge in [0.05, 0.1) is 6.42 Å². The van der Waals surface area contributed by atoms with Gasteiger partial charge in [-0.05, 0) is 19.8 Å². The summed E-state index contributed by atoms with van der Waals surface area (Å²) in [6.45, 7) is 1.43. The zero-order valence-corrected chi connectivity index (χ0v) is 12.1. The molecule has 6 heteroatoms. The van der Waals surface area contributed by atoms with Gasteiger partial charge in [-0.2, -0.15) is 0 Å². The Morgan fingerprint density at radius 1 is 1.00 bits per heavy atom. The maximum Gasteiger partial charge on any atom is 0.500 e. The Morgan fingerprint density at radius 2 is 1.53 bits per heavy atom. The molecule has 0 saturated heterocycles. The third-order valence-corrected chi connectivity index (χ3v) is 5.40. The number of Topliss-reactive ketones (excluding diaryl/α,β-unsaturated/α-hetero) is 2. The third kappa shape index (κ3) is 6.67. The van der Waals surface area contributed by atoms with Crippen LogP contribution in [0.5, 0.6) is 0 Å². The maximum absolute atomic E-state index is 11.3. The standard InChI is InChI=1S/C11H22O5Si/c1-10(12)9-11(13)7-5-6-8-17(14-2,15-3)16-4/h5-9H2,1-4H3. The second kappa shape index (κ2) is 8.52. The molecule has 0 spiro atoms. The summed E-state index contributed by atoms with van der Waals surface area (Å²) in [5.41, 5.74) is 0. The van der Waals surface area contributed by atoms with Gasteiger partial charge in [-0.3, -0.25) is 9.59 Å². The van der Waals surface area contributed by atoms with Crippen molar-refractivity contribution in [3.05, 3.63) is 0 Å². The monoisotopic (exact) mass is 262 g/mol. The highest BCUT2D eigenvalue weighted by atomic mass is 28.4. The van der Waals surface area contributed by atoms with Crippen molar-refractivity contribution in [2.24, 2.45) is 0 Å². The highest BCUT2D eigenvalue weighted by Gasteiger charge is 2.36. The van der Waals surface area contributed by atoms with Crippen molar-refractivity contribution >= 4 is 20.4 Å². The number of hydrogen-bond acceptors (Lipinski definition) is 5. The van der Waals surface area contributed by atoms with Gasteiger partial charge in [0.1, 0.15) is 11.6 Å². The SMILES string of the molecule is CO[Si](CCCCC(=O)CC(C)=O)(OC)OC. The van der Waals surface area contributed by atoms with Gasteiger partial charge in [-0.1, -0.05) is 0 Å². The molecule has 0 unspecified atom stereocenters. The fourth-order valence-corrected chi connectivity index (χ4v) is 3.38. The first-order valence-electron chi connectivity index (χ1n) is 5.66. The van der Waals surface area contributed by atoms with Crippen LogP contribution in [0.3, 0.4) is 0 Å². The Morgan fingerprint density at radius 3 is 1.94 bits per heavy atom. The molecule has 0 aliphatic heterocycles. The van der Waals surface area contributed by atoms with Gasteiger partial charge in [0.15, 0.2) is 0 Å². The molecule has 0 aromatic carbocycles. The Bertz CT molecular complexity index is 242. The number of carbonyl (C=O) groups excluding carboxylic acids is 2. The van der Waals surface area contributed by atoms with Gasteiger partial charge in [-0.15, -0.1) is 0 Å². The summed E-state index contributed by atoms with van der Waals surface area (Å²) >= 11 is 0. The molecule has 0 radical (unpaired) electrons. The van der Waals surface area contributed by atoms with E-state index >= 15 is 0 Å². The Labute approximate surface area is 104 Å². The molecule has 0 fully saturated rings. The van der Waals surface area contributed by atoms with E-state index in [0.717, 1.165) is 12.8 Å². The molecule has 0 amide bonds. The van der Waals surface area contributed by atoms with Crippen molar-refractivity contribution in [3.63, 3.8) is 0 Å². The summed E-state index contributed by atoms with van der Waals surface area (Å²) in [7, 11) is 2.21. The van der Waals surface area contributed by atoms with Crippen molar-refractivity contribution in [2.45, 2.75) is 38.7 Å². The second-order valence-corrected chi connectivity index (χ2v) is 7.01. The second-order valence-electron chi connectivity index (χ2n) is 3.92. The molecular formula is C11H22O5Si. The van der Waals surface area contributed by atoms with E-state index in [2.05, 4.69) is 0 Å². The minimum atomic E-state index is -2.50. The topological polar surface area (TPSA) is 61.8 Å². The van der Waals surface area contributed by atoms with Crippen LogP contribution in [-0.2, 0) is 22.9 Å². The van der Waals surface area contributed by atoms with Gasteiger partial charge in [0, 0.05) is 33.8 Å². The lowest BCUT2D eigenvalue weighted by Gasteiger charge is -2.24. The van der Waals surface area contributed by atoms with Crippen molar-refractivity contribution in [1.82, 2.24) is 0 Å². The normalized spacial score (nSPS) is 11.5. The Kier molecular flexibility index (Phi) is 8.23. The predicted molar refractivity (Wildman–Crippen MR) is 65.7 cm³/mol. The largest absolute Gasteiger partial charge is 0.500 e. The highest BCUT2D eigenvalue weighted by molar-refractivity contribution is 6.60. The first-order chi connectivity index (χ1) is 7.99. The molecule has 0 rings (SSSR count). The molecule has 0 atom stereocenters. The molecule has 0 heterocycles. The minimum Gasteiger partial charge on any atom is -0.377 e. The van der Waals surface area contributed by atoms with Gasteiger partial charge in [0.2, 0.25) is 0 Å². The summed E-state index contributed by atoms with van der Waals surface area (Å²) in [6.07, 6.45) is 2.00. The quantitative estimate of drug-likeness (QED) is 0.340. The summed E-state index contributed by atoms with van der Waals surface area (Å²) in [4.78, 5) is 22.0. The molecule has 0 aliphatic carbocycles. The predicted octanol–water partition coefficient (Wildman–Crippen LogP) is 1.58. The number of rotatable bonds is 10. The fourth-order valence-electron chi connectivity index (χ4n) is 1.59. The molecule has 17 heavy (non-hydrogen) atoms. The summed E-state index contributed by atoms with van der Waals surface area (Å²) in [5.74, 6) is -0.0820. The van der Waals surface area contributed by atoms with E-state index in [1.165, 1.54) is 6.92 Å². The first kappa shape index (κ1) is 16.4. The van der Waals surface area contributed by atoms with Gasteiger partial charge < -0.3 is 13.3 Å². The van der Waals surface area contributed by atoms with E-state index in [9.17, 15) is 9.59 Å². The van der Waals surface area contributed by atoms with Crippen molar-refractivity contribution in [1.29, 1.82) is 0 Å². The van der Waals surface area contributed by atoms with Gasteiger partial charge in [-0.25, -0.2) is 0 Å². The van der Waals surface area contributed by atoms with Crippen LogP contribution < -0.4 is 0 Å².